The molecule has 110 valence electrons. The van der Waals surface area contributed by atoms with Crippen LogP contribution in [0.15, 0.2) is 24.3 Å². The molecule has 3 atom stereocenters. The van der Waals surface area contributed by atoms with Gasteiger partial charge in [0.05, 0.1) is 12.7 Å². The van der Waals surface area contributed by atoms with E-state index in [1.54, 1.807) is 0 Å². The van der Waals surface area contributed by atoms with Gasteiger partial charge in [0.25, 0.3) is 0 Å². The number of rotatable bonds is 5. The molecule has 0 amide bonds. The van der Waals surface area contributed by atoms with Gasteiger partial charge in [-0.25, -0.2) is 0 Å². The van der Waals surface area contributed by atoms with E-state index in [0.717, 1.165) is 26.1 Å². The highest BCUT2D eigenvalue weighted by Gasteiger charge is 2.27. The standard InChI is InChI=1S/C17H25NO2/c19-12-15-6-3-5-14(15)10-18-11-17-16-7-2-1-4-13(16)8-9-20-17/h1-2,4,7,14-15,17-19H,3,5-6,8-12H2. The van der Waals surface area contributed by atoms with Crippen LogP contribution >= 0.6 is 0 Å². The van der Waals surface area contributed by atoms with Gasteiger partial charge in [0.1, 0.15) is 0 Å². The second-order valence-corrected chi connectivity index (χ2v) is 6.10. The molecule has 1 aromatic rings. The molecule has 0 bridgehead atoms. The summed E-state index contributed by atoms with van der Waals surface area (Å²) in [7, 11) is 0. The van der Waals surface area contributed by atoms with Crippen LogP contribution in [0.3, 0.4) is 0 Å². The molecule has 1 saturated carbocycles. The van der Waals surface area contributed by atoms with Gasteiger partial charge in [-0.2, -0.15) is 0 Å². The van der Waals surface area contributed by atoms with Crippen molar-refractivity contribution in [2.45, 2.75) is 31.8 Å². The Labute approximate surface area is 121 Å². The van der Waals surface area contributed by atoms with Gasteiger partial charge in [0.15, 0.2) is 0 Å². The minimum absolute atomic E-state index is 0.189. The molecular formula is C17H25NO2. The number of fused-ring (bicyclic) bond motifs is 1. The maximum absolute atomic E-state index is 9.36. The lowest BCUT2D eigenvalue weighted by Crippen LogP contribution is -2.32. The maximum atomic E-state index is 9.36. The zero-order valence-electron chi connectivity index (χ0n) is 12.1. The number of hydrogen-bond donors (Lipinski definition) is 2. The molecule has 3 unspecified atom stereocenters. The Kier molecular flexibility index (Phi) is 4.71. The summed E-state index contributed by atoms with van der Waals surface area (Å²) < 4.78 is 5.91. The molecule has 0 radical (unpaired) electrons. The highest BCUT2D eigenvalue weighted by Crippen LogP contribution is 2.31. The Hall–Kier alpha value is -0.900. The number of benzene rings is 1. The summed E-state index contributed by atoms with van der Waals surface area (Å²) in [5.74, 6) is 1.14. The lowest BCUT2D eigenvalue weighted by Gasteiger charge is -2.27. The third-order valence-corrected chi connectivity index (χ3v) is 4.88. The van der Waals surface area contributed by atoms with Gasteiger partial charge in [-0.15, -0.1) is 0 Å². The predicted molar refractivity (Wildman–Crippen MR) is 79.6 cm³/mol. The number of hydrogen-bond acceptors (Lipinski definition) is 3. The molecule has 0 saturated heterocycles. The van der Waals surface area contributed by atoms with Gasteiger partial charge in [-0.05, 0) is 48.8 Å². The summed E-state index contributed by atoms with van der Waals surface area (Å²) in [5.41, 5.74) is 2.77. The van der Waals surface area contributed by atoms with Gasteiger partial charge < -0.3 is 15.2 Å². The molecular weight excluding hydrogens is 250 g/mol. The lowest BCUT2D eigenvalue weighted by atomic mass is 9.96. The van der Waals surface area contributed by atoms with E-state index in [-0.39, 0.29) is 6.10 Å². The Balaban J connectivity index is 1.52. The smallest absolute Gasteiger partial charge is 0.0952 e. The molecule has 3 nitrogen and oxygen atoms in total. The Morgan fingerprint density at radius 1 is 1.15 bits per heavy atom. The maximum Gasteiger partial charge on any atom is 0.0952 e. The summed E-state index contributed by atoms with van der Waals surface area (Å²) in [6.45, 7) is 3.06. The van der Waals surface area contributed by atoms with E-state index in [4.69, 9.17) is 4.74 Å². The average Bonchev–Trinajstić information content (AvgIpc) is 2.95. The van der Waals surface area contributed by atoms with E-state index in [0.29, 0.717) is 18.4 Å². The van der Waals surface area contributed by atoms with Gasteiger partial charge >= 0.3 is 0 Å². The van der Waals surface area contributed by atoms with Crippen molar-refractivity contribution < 1.29 is 9.84 Å². The third kappa shape index (κ3) is 3.05. The first-order chi connectivity index (χ1) is 9.88. The molecule has 1 aromatic carbocycles. The summed E-state index contributed by atoms with van der Waals surface area (Å²) in [6.07, 6.45) is 4.92. The van der Waals surface area contributed by atoms with E-state index in [1.165, 1.54) is 30.4 Å². The topological polar surface area (TPSA) is 41.5 Å². The molecule has 20 heavy (non-hydrogen) atoms. The molecule has 1 aliphatic carbocycles. The second kappa shape index (κ2) is 6.70. The molecule has 2 N–H and O–H groups in total. The van der Waals surface area contributed by atoms with Crippen molar-refractivity contribution in [2.75, 3.05) is 26.3 Å². The SMILES string of the molecule is OCC1CCCC1CNCC1OCCc2ccccc21. The minimum atomic E-state index is 0.189. The van der Waals surface area contributed by atoms with Crippen molar-refractivity contribution in [2.24, 2.45) is 11.8 Å². The Morgan fingerprint density at radius 2 is 2.00 bits per heavy atom. The van der Waals surface area contributed by atoms with Crippen LogP contribution in [0.2, 0.25) is 0 Å². The van der Waals surface area contributed by atoms with Crippen LogP contribution in [-0.2, 0) is 11.2 Å². The first kappa shape index (κ1) is 14.1. The first-order valence-electron chi connectivity index (χ1n) is 7.89. The van der Waals surface area contributed by atoms with E-state index in [1.807, 2.05) is 0 Å². The molecule has 1 heterocycles. The van der Waals surface area contributed by atoms with Crippen LogP contribution in [0.25, 0.3) is 0 Å². The van der Waals surface area contributed by atoms with Crippen molar-refractivity contribution >= 4 is 0 Å². The fourth-order valence-corrected chi connectivity index (χ4v) is 3.67. The monoisotopic (exact) mass is 275 g/mol. The van der Waals surface area contributed by atoms with Crippen LogP contribution in [0.4, 0.5) is 0 Å². The van der Waals surface area contributed by atoms with E-state index in [9.17, 15) is 5.11 Å². The largest absolute Gasteiger partial charge is 0.396 e. The van der Waals surface area contributed by atoms with Crippen LogP contribution in [0.1, 0.15) is 36.5 Å². The van der Waals surface area contributed by atoms with Crippen molar-refractivity contribution in [1.29, 1.82) is 0 Å². The number of aliphatic hydroxyl groups excluding tert-OH is 1. The molecule has 0 spiro atoms. The average molecular weight is 275 g/mol. The zero-order chi connectivity index (χ0) is 13.8. The van der Waals surface area contributed by atoms with Crippen molar-refractivity contribution in [3.05, 3.63) is 35.4 Å². The van der Waals surface area contributed by atoms with Crippen LogP contribution in [0, 0.1) is 11.8 Å². The first-order valence-corrected chi connectivity index (χ1v) is 7.89. The van der Waals surface area contributed by atoms with Gasteiger partial charge in [0.2, 0.25) is 0 Å². The number of ether oxygens (including phenoxy) is 1. The summed E-state index contributed by atoms with van der Waals surface area (Å²) in [5, 5.41) is 12.9. The van der Waals surface area contributed by atoms with Gasteiger partial charge in [-0.1, -0.05) is 30.7 Å². The number of nitrogens with one attached hydrogen (secondary N) is 1. The van der Waals surface area contributed by atoms with Crippen molar-refractivity contribution in [3.63, 3.8) is 0 Å². The zero-order valence-corrected chi connectivity index (χ0v) is 12.1. The highest BCUT2D eigenvalue weighted by molar-refractivity contribution is 5.31. The summed E-state index contributed by atoms with van der Waals surface area (Å²) in [4.78, 5) is 0. The molecule has 1 fully saturated rings. The highest BCUT2D eigenvalue weighted by atomic mass is 16.5. The molecule has 3 rings (SSSR count). The predicted octanol–water partition coefficient (Wildman–Crippen LogP) is 2.30. The second-order valence-electron chi connectivity index (χ2n) is 6.10. The molecule has 3 heteroatoms. The van der Waals surface area contributed by atoms with E-state index >= 15 is 0 Å². The normalized spacial score (nSPS) is 29.4. The minimum Gasteiger partial charge on any atom is -0.396 e. The van der Waals surface area contributed by atoms with Crippen molar-refractivity contribution in [3.8, 4) is 0 Å². The molecule has 1 aliphatic heterocycles. The van der Waals surface area contributed by atoms with E-state index in [2.05, 4.69) is 29.6 Å². The third-order valence-electron chi connectivity index (χ3n) is 4.88. The van der Waals surface area contributed by atoms with Gasteiger partial charge in [0, 0.05) is 13.2 Å². The van der Waals surface area contributed by atoms with Crippen LogP contribution in [0.5, 0.6) is 0 Å². The lowest BCUT2D eigenvalue weighted by molar-refractivity contribution is 0.0414. The Bertz CT molecular complexity index is 435. The van der Waals surface area contributed by atoms with Crippen molar-refractivity contribution in [1.82, 2.24) is 5.32 Å². The fourth-order valence-electron chi connectivity index (χ4n) is 3.67. The van der Waals surface area contributed by atoms with Crippen LogP contribution < -0.4 is 5.32 Å². The Morgan fingerprint density at radius 3 is 2.90 bits per heavy atom. The molecule has 0 aromatic heterocycles. The number of aliphatic hydroxyl groups is 1. The molecule has 2 aliphatic rings. The van der Waals surface area contributed by atoms with Crippen LogP contribution in [-0.4, -0.2) is 31.4 Å². The van der Waals surface area contributed by atoms with Gasteiger partial charge in [-0.3, -0.25) is 0 Å². The van der Waals surface area contributed by atoms with E-state index < -0.39 is 0 Å². The summed E-state index contributed by atoms with van der Waals surface area (Å²) in [6, 6.07) is 8.61. The fraction of sp³-hybridized carbons (Fsp3) is 0.647. The quantitative estimate of drug-likeness (QED) is 0.866. The summed E-state index contributed by atoms with van der Waals surface area (Å²) >= 11 is 0.